The van der Waals surface area contributed by atoms with Crippen molar-refractivity contribution in [3.8, 4) is 0 Å². The Morgan fingerprint density at radius 2 is 1.78 bits per heavy atom. The summed E-state index contributed by atoms with van der Waals surface area (Å²) < 4.78 is 1.02. The number of carboxylic acids is 1. The van der Waals surface area contributed by atoms with Gasteiger partial charge in [0.15, 0.2) is 0 Å². The first kappa shape index (κ1) is 19.9. The Balaban J connectivity index is 1.71. The summed E-state index contributed by atoms with van der Waals surface area (Å²) in [6.07, 6.45) is 2.97. The lowest BCUT2D eigenvalue weighted by atomic mass is 9.69. The topological polar surface area (TPSA) is 49.3 Å². The van der Waals surface area contributed by atoms with Gasteiger partial charge in [-0.15, -0.1) is 0 Å². The molecule has 2 aromatic rings. The molecule has 1 fully saturated rings. The number of anilines is 1. The maximum Gasteiger partial charge on any atom is 0.307 e. The van der Waals surface area contributed by atoms with Crippen molar-refractivity contribution >= 4 is 27.6 Å². The van der Waals surface area contributed by atoms with Gasteiger partial charge in [0.05, 0.1) is 5.92 Å². The van der Waals surface area contributed by atoms with Crippen molar-refractivity contribution < 1.29 is 9.90 Å². The van der Waals surface area contributed by atoms with Crippen molar-refractivity contribution in [1.29, 1.82) is 0 Å². The highest BCUT2D eigenvalue weighted by atomic mass is 79.9. The van der Waals surface area contributed by atoms with Crippen molar-refractivity contribution in [2.45, 2.75) is 44.9 Å². The van der Waals surface area contributed by atoms with E-state index in [-0.39, 0.29) is 17.8 Å². The molecule has 2 N–H and O–H groups in total. The van der Waals surface area contributed by atoms with E-state index in [1.807, 2.05) is 12.1 Å². The molecule has 2 aromatic carbocycles. The summed E-state index contributed by atoms with van der Waals surface area (Å²) in [5.74, 6) is -0.290. The molecule has 3 unspecified atom stereocenters. The van der Waals surface area contributed by atoms with E-state index in [1.54, 1.807) is 0 Å². The molecule has 144 valence electrons. The van der Waals surface area contributed by atoms with Gasteiger partial charge in [-0.2, -0.15) is 0 Å². The van der Waals surface area contributed by atoms with Crippen LogP contribution in [0.3, 0.4) is 0 Å². The number of carboxylic acid groups (broad SMARTS) is 1. The van der Waals surface area contributed by atoms with Crippen molar-refractivity contribution in [3.63, 3.8) is 0 Å². The number of carbonyl (C=O) groups is 1. The van der Waals surface area contributed by atoms with Crippen molar-refractivity contribution in [1.82, 2.24) is 0 Å². The SMILES string of the molecule is CC(C)c1ccc(NCC2CCCC(c3ccc(Br)cc3)C2C(=O)O)cc1. The van der Waals surface area contributed by atoms with Gasteiger partial charge in [-0.1, -0.05) is 60.5 Å². The molecule has 0 amide bonds. The average molecular weight is 430 g/mol. The van der Waals surface area contributed by atoms with Crippen molar-refractivity contribution in [3.05, 3.63) is 64.1 Å². The summed E-state index contributed by atoms with van der Waals surface area (Å²) in [6, 6.07) is 16.6. The molecule has 0 spiro atoms. The molecule has 1 aliphatic carbocycles. The second-order valence-electron chi connectivity index (χ2n) is 7.87. The molecule has 27 heavy (non-hydrogen) atoms. The van der Waals surface area contributed by atoms with E-state index in [9.17, 15) is 9.90 Å². The Morgan fingerprint density at radius 1 is 1.11 bits per heavy atom. The lowest BCUT2D eigenvalue weighted by molar-refractivity contribution is -0.145. The third-order valence-electron chi connectivity index (χ3n) is 5.76. The summed E-state index contributed by atoms with van der Waals surface area (Å²) in [6.45, 7) is 5.07. The minimum atomic E-state index is -0.676. The molecule has 0 aromatic heterocycles. The van der Waals surface area contributed by atoms with E-state index in [2.05, 4.69) is 71.5 Å². The summed E-state index contributed by atoms with van der Waals surface area (Å²) in [5.41, 5.74) is 3.52. The van der Waals surface area contributed by atoms with Crippen LogP contribution < -0.4 is 5.32 Å². The van der Waals surface area contributed by atoms with Gasteiger partial charge in [-0.3, -0.25) is 4.79 Å². The van der Waals surface area contributed by atoms with Crippen LogP contribution in [0.1, 0.15) is 56.1 Å². The Morgan fingerprint density at radius 3 is 2.37 bits per heavy atom. The van der Waals surface area contributed by atoms with Gasteiger partial charge in [0.25, 0.3) is 0 Å². The van der Waals surface area contributed by atoms with Gasteiger partial charge >= 0.3 is 5.97 Å². The zero-order chi connectivity index (χ0) is 19.4. The van der Waals surface area contributed by atoms with E-state index in [0.717, 1.165) is 35.0 Å². The molecule has 0 radical (unpaired) electrons. The second kappa shape index (κ2) is 8.92. The summed E-state index contributed by atoms with van der Waals surface area (Å²) >= 11 is 3.46. The maximum absolute atomic E-state index is 12.1. The van der Waals surface area contributed by atoms with Gasteiger partial charge in [0.2, 0.25) is 0 Å². The zero-order valence-electron chi connectivity index (χ0n) is 16.0. The van der Waals surface area contributed by atoms with E-state index >= 15 is 0 Å². The number of rotatable bonds is 6. The van der Waals surface area contributed by atoms with Gasteiger partial charge < -0.3 is 10.4 Å². The molecular weight excluding hydrogens is 402 g/mol. The molecule has 3 rings (SSSR count). The predicted molar refractivity (Wildman–Crippen MR) is 114 cm³/mol. The largest absolute Gasteiger partial charge is 0.481 e. The number of benzene rings is 2. The van der Waals surface area contributed by atoms with E-state index in [0.29, 0.717) is 12.5 Å². The summed E-state index contributed by atoms with van der Waals surface area (Å²) in [4.78, 5) is 12.1. The Labute approximate surface area is 170 Å². The summed E-state index contributed by atoms with van der Waals surface area (Å²) in [5, 5.41) is 13.4. The minimum absolute atomic E-state index is 0.0828. The average Bonchev–Trinajstić information content (AvgIpc) is 2.66. The molecule has 1 aliphatic rings. The zero-order valence-corrected chi connectivity index (χ0v) is 17.6. The van der Waals surface area contributed by atoms with Crippen LogP contribution in [0.15, 0.2) is 53.0 Å². The second-order valence-corrected chi connectivity index (χ2v) is 8.79. The lowest BCUT2D eigenvalue weighted by Gasteiger charge is -2.36. The van der Waals surface area contributed by atoms with E-state index in [1.165, 1.54) is 5.56 Å². The molecule has 0 heterocycles. The standard InChI is InChI=1S/C23H28BrNO2/c1-15(2)16-8-12-20(13-9-16)25-14-18-4-3-5-21(22(18)23(26)27)17-6-10-19(24)11-7-17/h6-13,15,18,21-22,25H,3-5,14H2,1-2H3,(H,26,27). The van der Waals surface area contributed by atoms with E-state index < -0.39 is 5.97 Å². The molecule has 4 heteroatoms. The third-order valence-corrected chi connectivity index (χ3v) is 6.29. The summed E-state index contributed by atoms with van der Waals surface area (Å²) in [7, 11) is 0. The van der Waals surface area contributed by atoms with Gasteiger partial charge in [-0.05, 0) is 66.0 Å². The van der Waals surface area contributed by atoms with Crippen LogP contribution in [0.25, 0.3) is 0 Å². The molecule has 0 saturated heterocycles. The molecule has 3 atom stereocenters. The van der Waals surface area contributed by atoms with Crippen molar-refractivity contribution in [2.24, 2.45) is 11.8 Å². The molecule has 3 nitrogen and oxygen atoms in total. The monoisotopic (exact) mass is 429 g/mol. The highest BCUT2D eigenvalue weighted by Crippen LogP contribution is 2.42. The molecule has 1 saturated carbocycles. The lowest BCUT2D eigenvalue weighted by Crippen LogP contribution is -2.36. The van der Waals surface area contributed by atoms with Crippen LogP contribution >= 0.6 is 15.9 Å². The van der Waals surface area contributed by atoms with Crippen LogP contribution in [0.4, 0.5) is 5.69 Å². The highest BCUT2D eigenvalue weighted by molar-refractivity contribution is 9.10. The number of aliphatic carboxylic acids is 1. The first-order valence-corrected chi connectivity index (χ1v) is 10.6. The van der Waals surface area contributed by atoms with Crippen LogP contribution in [-0.4, -0.2) is 17.6 Å². The number of nitrogens with one attached hydrogen (secondary N) is 1. The fourth-order valence-electron chi connectivity index (χ4n) is 4.21. The number of hydrogen-bond acceptors (Lipinski definition) is 2. The molecule has 0 bridgehead atoms. The maximum atomic E-state index is 12.1. The Kier molecular flexibility index (Phi) is 6.59. The minimum Gasteiger partial charge on any atom is -0.481 e. The van der Waals surface area contributed by atoms with Gasteiger partial charge in [-0.25, -0.2) is 0 Å². The normalized spacial score (nSPS) is 22.6. The number of hydrogen-bond donors (Lipinski definition) is 2. The third kappa shape index (κ3) is 4.92. The first-order chi connectivity index (χ1) is 13.0. The van der Waals surface area contributed by atoms with Gasteiger partial charge in [0.1, 0.15) is 0 Å². The Hall–Kier alpha value is -1.81. The van der Waals surface area contributed by atoms with Crippen LogP contribution in [-0.2, 0) is 4.79 Å². The van der Waals surface area contributed by atoms with Crippen LogP contribution in [0.2, 0.25) is 0 Å². The fourth-order valence-corrected chi connectivity index (χ4v) is 4.47. The molecular formula is C23H28BrNO2. The fraction of sp³-hybridized carbons (Fsp3) is 0.435. The number of halogens is 1. The predicted octanol–water partition coefficient (Wildman–Crippen LogP) is 6.27. The van der Waals surface area contributed by atoms with Crippen molar-refractivity contribution in [2.75, 3.05) is 11.9 Å². The van der Waals surface area contributed by atoms with Gasteiger partial charge in [0, 0.05) is 16.7 Å². The highest BCUT2D eigenvalue weighted by Gasteiger charge is 2.39. The molecule has 0 aliphatic heterocycles. The van der Waals surface area contributed by atoms with Crippen LogP contribution in [0, 0.1) is 11.8 Å². The quantitative estimate of drug-likeness (QED) is 0.568. The van der Waals surface area contributed by atoms with Crippen LogP contribution in [0.5, 0.6) is 0 Å². The van der Waals surface area contributed by atoms with E-state index in [4.69, 9.17) is 0 Å². The first-order valence-electron chi connectivity index (χ1n) is 9.78. The Bertz CT molecular complexity index is 755. The smallest absolute Gasteiger partial charge is 0.307 e.